The minimum atomic E-state index is -0.587. The largest absolute Gasteiger partial charge is 0.465 e. The van der Waals surface area contributed by atoms with Crippen molar-refractivity contribution < 1.29 is 9.53 Å². The second-order valence-corrected chi connectivity index (χ2v) is 2.76. The SMILES string of the molecule is CCOC(=O)[C@H](NN)c1ccccc1. The summed E-state index contributed by atoms with van der Waals surface area (Å²) < 4.78 is 4.87. The molecule has 0 saturated carbocycles. The Morgan fingerprint density at radius 3 is 2.64 bits per heavy atom. The number of nitrogens with two attached hydrogens (primary N) is 1. The summed E-state index contributed by atoms with van der Waals surface area (Å²) in [5, 5.41) is 0. The van der Waals surface area contributed by atoms with Crippen molar-refractivity contribution in [2.45, 2.75) is 13.0 Å². The highest BCUT2D eigenvalue weighted by Gasteiger charge is 2.19. The fourth-order valence-electron chi connectivity index (χ4n) is 1.17. The van der Waals surface area contributed by atoms with Crippen LogP contribution in [-0.2, 0) is 9.53 Å². The fraction of sp³-hybridized carbons (Fsp3) is 0.300. The van der Waals surface area contributed by atoms with Crippen molar-refractivity contribution in [2.24, 2.45) is 5.84 Å². The van der Waals surface area contributed by atoms with Gasteiger partial charge in [0.1, 0.15) is 6.04 Å². The molecule has 1 atom stereocenters. The molecule has 76 valence electrons. The lowest BCUT2D eigenvalue weighted by Crippen LogP contribution is -2.35. The third kappa shape index (κ3) is 2.55. The Kier molecular flexibility index (Phi) is 4.10. The predicted molar refractivity (Wildman–Crippen MR) is 53.1 cm³/mol. The molecule has 1 aromatic carbocycles. The van der Waals surface area contributed by atoms with Gasteiger partial charge in [0, 0.05) is 0 Å². The van der Waals surface area contributed by atoms with Gasteiger partial charge >= 0.3 is 5.97 Å². The van der Waals surface area contributed by atoms with E-state index in [1.807, 2.05) is 30.3 Å². The Labute approximate surface area is 83.0 Å². The van der Waals surface area contributed by atoms with Gasteiger partial charge in [-0.05, 0) is 12.5 Å². The molecule has 14 heavy (non-hydrogen) atoms. The summed E-state index contributed by atoms with van der Waals surface area (Å²) >= 11 is 0. The lowest BCUT2D eigenvalue weighted by molar-refractivity contribution is -0.145. The first kappa shape index (κ1) is 10.7. The number of hydrazine groups is 1. The Balaban J connectivity index is 2.77. The van der Waals surface area contributed by atoms with Gasteiger partial charge in [0.15, 0.2) is 0 Å². The molecule has 0 amide bonds. The zero-order valence-corrected chi connectivity index (χ0v) is 8.07. The molecule has 0 aliphatic heterocycles. The van der Waals surface area contributed by atoms with Crippen LogP contribution in [-0.4, -0.2) is 12.6 Å². The highest BCUT2D eigenvalue weighted by atomic mass is 16.5. The highest BCUT2D eigenvalue weighted by Crippen LogP contribution is 2.12. The molecule has 0 bridgehead atoms. The zero-order valence-electron chi connectivity index (χ0n) is 8.07. The second kappa shape index (κ2) is 5.36. The van der Waals surface area contributed by atoms with Crippen molar-refractivity contribution in [3.8, 4) is 0 Å². The van der Waals surface area contributed by atoms with Crippen LogP contribution in [0.3, 0.4) is 0 Å². The Morgan fingerprint density at radius 2 is 2.14 bits per heavy atom. The van der Waals surface area contributed by atoms with E-state index in [4.69, 9.17) is 10.6 Å². The second-order valence-electron chi connectivity index (χ2n) is 2.76. The number of hydrogen-bond donors (Lipinski definition) is 2. The van der Waals surface area contributed by atoms with Crippen molar-refractivity contribution in [1.82, 2.24) is 5.43 Å². The molecule has 0 aromatic heterocycles. The van der Waals surface area contributed by atoms with E-state index in [0.717, 1.165) is 5.56 Å². The predicted octanol–water partition coefficient (Wildman–Crippen LogP) is 0.754. The van der Waals surface area contributed by atoms with Crippen LogP contribution in [0.15, 0.2) is 30.3 Å². The van der Waals surface area contributed by atoms with Gasteiger partial charge in [-0.1, -0.05) is 30.3 Å². The maximum absolute atomic E-state index is 11.4. The van der Waals surface area contributed by atoms with Crippen LogP contribution < -0.4 is 11.3 Å². The topological polar surface area (TPSA) is 64.3 Å². The summed E-state index contributed by atoms with van der Waals surface area (Å²) in [6.45, 7) is 2.11. The minimum Gasteiger partial charge on any atom is -0.465 e. The number of rotatable bonds is 4. The number of benzene rings is 1. The van der Waals surface area contributed by atoms with Gasteiger partial charge < -0.3 is 4.74 Å². The Hall–Kier alpha value is -1.39. The van der Waals surface area contributed by atoms with Crippen molar-refractivity contribution in [3.63, 3.8) is 0 Å². The van der Waals surface area contributed by atoms with E-state index in [9.17, 15) is 4.79 Å². The van der Waals surface area contributed by atoms with Crippen LogP contribution in [0.25, 0.3) is 0 Å². The molecule has 0 aliphatic carbocycles. The quantitative estimate of drug-likeness (QED) is 0.422. The van der Waals surface area contributed by atoms with E-state index >= 15 is 0 Å². The number of esters is 1. The molecule has 4 heteroatoms. The first-order valence-corrected chi connectivity index (χ1v) is 4.47. The average Bonchev–Trinajstić information content (AvgIpc) is 2.21. The summed E-state index contributed by atoms with van der Waals surface area (Å²) in [5.41, 5.74) is 3.23. The number of ether oxygens (including phenoxy) is 1. The van der Waals surface area contributed by atoms with E-state index < -0.39 is 6.04 Å². The molecule has 0 spiro atoms. The summed E-state index contributed by atoms with van der Waals surface area (Å²) in [4.78, 5) is 11.4. The summed E-state index contributed by atoms with van der Waals surface area (Å²) in [6.07, 6.45) is 0. The summed E-state index contributed by atoms with van der Waals surface area (Å²) in [7, 11) is 0. The van der Waals surface area contributed by atoms with Crippen LogP contribution in [0.5, 0.6) is 0 Å². The molecule has 0 radical (unpaired) electrons. The highest BCUT2D eigenvalue weighted by molar-refractivity contribution is 5.77. The standard InChI is InChI=1S/C10H14N2O2/c1-2-14-10(13)9(12-11)8-6-4-3-5-7-8/h3-7,9,12H,2,11H2,1H3/t9-/m1/s1. The molecule has 0 unspecified atom stereocenters. The van der Waals surface area contributed by atoms with Gasteiger partial charge in [0.05, 0.1) is 6.61 Å². The number of carbonyl (C=O) groups excluding carboxylic acids is 1. The maximum atomic E-state index is 11.4. The van der Waals surface area contributed by atoms with Crippen molar-refractivity contribution >= 4 is 5.97 Å². The molecular formula is C10H14N2O2. The molecule has 1 aromatic rings. The van der Waals surface area contributed by atoms with Gasteiger partial charge in [-0.3, -0.25) is 5.84 Å². The van der Waals surface area contributed by atoms with E-state index in [2.05, 4.69) is 5.43 Å². The van der Waals surface area contributed by atoms with Crippen LogP contribution in [0.4, 0.5) is 0 Å². The number of nitrogens with one attached hydrogen (secondary N) is 1. The van der Waals surface area contributed by atoms with Gasteiger partial charge in [0.25, 0.3) is 0 Å². The molecule has 0 aliphatic rings. The van der Waals surface area contributed by atoms with E-state index in [0.29, 0.717) is 6.61 Å². The third-order valence-electron chi connectivity index (χ3n) is 1.82. The third-order valence-corrected chi connectivity index (χ3v) is 1.82. The fourth-order valence-corrected chi connectivity index (χ4v) is 1.17. The van der Waals surface area contributed by atoms with Gasteiger partial charge in [-0.15, -0.1) is 0 Å². The number of carbonyl (C=O) groups is 1. The normalized spacial score (nSPS) is 12.1. The Morgan fingerprint density at radius 1 is 1.50 bits per heavy atom. The van der Waals surface area contributed by atoms with Gasteiger partial charge in [-0.25, -0.2) is 10.2 Å². The lowest BCUT2D eigenvalue weighted by atomic mass is 10.1. The monoisotopic (exact) mass is 194 g/mol. The summed E-state index contributed by atoms with van der Waals surface area (Å²) in [5.74, 6) is 4.93. The first-order valence-electron chi connectivity index (χ1n) is 4.47. The van der Waals surface area contributed by atoms with E-state index in [-0.39, 0.29) is 5.97 Å². The molecule has 0 fully saturated rings. The van der Waals surface area contributed by atoms with Gasteiger partial charge in [-0.2, -0.15) is 0 Å². The van der Waals surface area contributed by atoms with Crippen LogP contribution in [0.2, 0.25) is 0 Å². The Bertz CT molecular complexity index is 287. The summed E-state index contributed by atoms with van der Waals surface area (Å²) in [6, 6.07) is 8.62. The molecule has 3 N–H and O–H groups in total. The molecule has 4 nitrogen and oxygen atoms in total. The smallest absolute Gasteiger partial charge is 0.329 e. The van der Waals surface area contributed by atoms with Crippen LogP contribution in [0.1, 0.15) is 18.5 Å². The van der Waals surface area contributed by atoms with Crippen molar-refractivity contribution in [2.75, 3.05) is 6.61 Å². The molecule has 0 saturated heterocycles. The molecule has 0 heterocycles. The van der Waals surface area contributed by atoms with Crippen LogP contribution >= 0.6 is 0 Å². The van der Waals surface area contributed by atoms with Gasteiger partial charge in [0.2, 0.25) is 0 Å². The molecule has 1 rings (SSSR count). The van der Waals surface area contributed by atoms with E-state index in [1.165, 1.54) is 0 Å². The first-order chi connectivity index (χ1) is 6.79. The lowest BCUT2D eigenvalue weighted by Gasteiger charge is -2.14. The average molecular weight is 194 g/mol. The number of hydrogen-bond acceptors (Lipinski definition) is 4. The minimum absolute atomic E-state index is 0.351. The molecular weight excluding hydrogens is 180 g/mol. The maximum Gasteiger partial charge on any atom is 0.329 e. The zero-order chi connectivity index (χ0) is 10.4. The van der Waals surface area contributed by atoms with E-state index in [1.54, 1.807) is 6.92 Å². The van der Waals surface area contributed by atoms with Crippen molar-refractivity contribution in [1.29, 1.82) is 0 Å². The van der Waals surface area contributed by atoms with Crippen molar-refractivity contribution in [3.05, 3.63) is 35.9 Å². The van der Waals surface area contributed by atoms with Crippen LogP contribution in [0, 0.1) is 0 Å².